The summed E-state index contributed by atoms with van der Waals surface area (Å²) in [6.45, 7) is 2.36. The predicted octanol–water partition coefficient (Wildman–Crippen LogP) is 0.650. The normalized spacial score (nSPS) is 20.4. The monoisotopic (exact) mass is 268 g/mol. The van der Waals surface area contributed by atoms with Crippen molar-refractivity contribution in [3.05, 3.63) is 29.8 Å². The van der Waals surface area contributed by atoms with Gasteiger partial charge < -0.3 is 4.90 Å². The van der Waals surface area contributed by atoms with Crippen molar-refractivity contribution < 1.29 is 13.2 Å². The highest BCUT2D eigenvalue weighted by atomic mass is 32.2. The van der Waals surface area contributed by atoms with E-state index in [1.807, 2.05) is 31.2 Å². The Kier molecular flexibility index (Phi) is 3.41. The quantitative estimate of drug-likeness (QED) is 0.875. The molecule has 5 nitrogen and oxygen atoms in total. The Labute approximate surface area is 107 Å². The fraction of sp³-hybridized carbons (Fsp3) is 0.417. The molecule has 1 aromatic rings. The van der Waals surface area contributed by atoms with Gasteiger partial charge in [-0.25, -0.2) is 13.1 Å². The summed E-state index contributed by atoms with van der Waals surface area (Å²) < 4.78 is 24.8. The number of carbonyl (C=O) groups is 1. The van der Waals surface area contributed by atoms with Crippen LogP contribution in [0.5, 0.6) is 0 Å². The Balaban J connectivity index is 2.12. The highest BCUT2D eigenvalue weighted by Crippen LogP contribution is 2.22. The van der Waals surface area contributed by atoms with Crippen LogP contribution in [-0.4, -0.2) is 33.2 Å². The molecule has 1 aliphatic rings. The molecule has 0 spiro atoms. The number of hydrogen-bond donors (Lipinski definition) is 1. The molecule has 1 fully saturated rings. The van der Waals surface area contributed by atoms with Crippen LogP contribution in [0.2, 0.25) is 0 Å². The SMILES string of the molecule is Cc1ccc(N2C[C@H](NS(C)(=O)=O)CC2=O)cc1. The number of amides is 1. The first kappa shape index (κ1) is 13.0. The Morgan fingerprint density at radius 3 is 2.44 bits per heavy atom. The summed E-state index contributed by atoms with van der Waals surface area (Å²) in [6, 6.07) is 7.26. The summed E-state index contributed by atoms with van der Waals surface area (Å²) in [5.74, 6) is -0.0556. The van der Waals surface area contributed by atoms with Gasteiger partial charge in [0.05, 0.1) is 6.26 Å². The van der Waals surface area contributed by atoms with Crippen LogP contribution in [0.25, 0.3) is 0 Å². The first-order valence-corrected chi connectivity index (χ1v) is 7.58. The number of sulfonamides is 1. The van der Waals surface area contributed by atoms with E-state index in [2.05, 4.69) is 4.72 Å². The zero-order valence-corrected chi connectivity index (χ0v) is 11.2. The molecule has 1 saturated heterocycles. The number of aryl methyl sites for hydroxylation is 1. The minimum absolute atomic E-state index is 0.0556. The maximum Gasteiger partial charge on any atom is 0.228 e. The van der Waals surface area contributed by atoms with Gasteiger partial charge in [0, 0.05) is 24.7 Å². The van der Waals surface area contributed by atoms with Gasteiger partial charge in [0.2, 0.25) is 15.9 Å². The van der Waals surface area contributed by atoms with Crippen LogP contribution in [0, 0.1) is 6.92 Å². The van der Waals surface area contributed by atoms with E-state index in [0.29, 0.717) is 6.54 Å². The summed E-state index contributed by atoms with van der Waals surface area (Å²) in [7, 11) is -3.27. The third kappa shape index (κ3) is 3.08. The fourth-order valence-electron chi connectivity index (χ4n) is 2.06. The van der Waals surface area contributed by atoms with Crippen LogP contribution >= 0.6 is 0 Å². The second kappa shape index (κ2) is 4.70. The lowest BCUT2D eigenvalue weighted by molar-refractivity contribution is -0.117. The van der Waals surface area contributed by atoms with Crippen molar-refractivity contribution in [2.24, 2.45) is 0 Å². The molecule has 0 aliphatic carbocycles. The summed E-state index contributed by atoms with van der Waals surface area (Å²) in [5.41, 5.74) is 1.93. The fourth-order valence-corrected chi connectivity index (χ4v) is 2.83. The van der Waals surface area contributed by atoms with Gasteiger partial charge in [0.15, 0.2) is 0 Å². The van der Waals surface area contributed by atoms with Gasteiger partial charge in [0.1, 0.15) is 0 Å². The first-order valence-electron chi connectivity index (χ1n) is 5.69. The zero-order valence-electron chi connectivity index (χ0n) is 10.4. The molecule has 18 heavy (non-hydrogen) atoms. The predicted molar refractivity (Wildman–Crippen MR) is 69.9 cm³/mol. The van der Waals surface area contributed by atoms with Gasteiger partial charge in [-0.15, -0.1) is 0 Å². The van der Waals surface area contributed by atoms with Gasteiger partial charge in [-0.05, 0) is 19.1 Å². The van der Waals surface area contributed by atoms with Crippen LogP contribution in [0.4, 0.5) is 5.69 Å². The lowest BCUT2D eigenvalue weighted by Crippen LogP contribution is -2.36. The number of benzene rings is 1. The molecule has 0 unspecified atom stereocenters. The van der Waals surface area contributed by atoms with Crippen LogP contribution < -0.4 is 9.62 Å². The Bertz CT molecular complexity index is 551. The van der Waals surface area contributed by atoms with Gasteiger partial charge in [-0.2, -0.15) is 0 Å². The van der Waals surface area contributed by atoms with Crippen molar-refractivity contribution in [2.75, 3.05) is 17.7 Å². The molecule has 1 aliphatic heterocycles. The second-order valence-electron chi connectivity index (χ2n) is 4.63. The third-order valence-corrected chi connectivity index (χ3v) is 3.61. The molecule has 1 aromatic carbocycles. The molecule has 0 bridgehead atoms. The van der Waals surface area contributed by atoms with Gasteiger partial charge in [0.25, 0.3) is 0 Å². The zero-order chi connectivity index (χ0) is 13.3. The highest BCUT2D eigenvalue weighted by molar-refractivity contribution is 7.88. The Morgan fingerprint density at radius 2 is 1.89 bits per heavy atom. The van der Waals surface area contributed by atoms with Crippen molar-refractivity contribution >= 4 is 21.6 Å². The van der Waals surface area contributed by atoms with E-state index in [9.17, 15) is 13.2 Å². The molecular weight excluding hydrogens is 252 g/mol. The van der Waals surface area contributed by atoms with Gasteiger partial charge in [-0.3, -0.25) is 4.79 Å². The molecule has 6 heteroatoms. The van der Waals surface area contributed by atoms with Crippen molar-refractivity contribution in [3.63, 3.8) is 0 Å². The lowest BCUT2D eigenvalue weighted by atomic mass is 10.2. The van der Waals surface area contributed by atoms with E-state index in [4.69, 9.17) is 0 Å². The van der Waals surface area contributed by atoms with E-state index in [1.54, 1.807) is 4.90 Å². The molecular formula is C12H16N2O3S. The molecule has 1 N–H and O–H groups in total. The summed E-state index contributed by atoms with van der Waals surface area (Å²) in [5, 5.41) is 0. The number of nitrogens with one attached hydrogen (secondary N) is 1. The maximum atomic E-state index is 11.8. The van der Waals surface area contributed by atoms with Gasteiger partial charge in [-0.1, -0.05) is 17.7 Å². The van der Waals surface area contributed by atoms with E-state index in [0.717, 1.165) is 17.5 Å². The van der Waals surface area contributed by atoms with E-state index >= 15 is 0 Å². The molecule has 0 saturated carbocycles. The average Bonchev–Trinajstić information content (AvgIpc) is 2.58. The lowest BCUT2D eigenvalue weighted by Gasteiger charge is -2.17. The number of carbonyl (C=O) groups excluding carboxylic acids is 1. The average molecular weight is 268 g/mol. The second-order valence-corrected chi connectivity index (χ2v) is 6.41. The van der Waals surface area contributed by atoms with Crippen molar-refractivity contribution in [1.82, 2.24) is 4.72 Å². The van der Waals surface area contributed by atoms with E-state index in [-0.39, 0.29) is 18.4 Å². The summed E-state index contributed by atoms with van der Waals surface area (Å²) >= 11 is 0. The molecule has 1 atom stereocenters. The van der Waals surface area contributed by atoms with Crippen LogP contribution in [-0.2, 0) is 14.8 Å². The number of hydrogen-bond acceptors (Lipinski definition) is 3. The standard InChI is InChI=1S/C12H16N2O3S/c1-9-3-5-11(6-4-9)14-8-10(7-12(14)15)13-18(2,16)17/h3-6,10,13H,7-8H2,1-2H3/t10-/m1/s1. The number of anilines is 1. The molecule has 1 amide bonds. The molecule has 98 valence electrons. The van der Waals surface area contributed by atoms with Crippen LogP contribution in [0.1, 0.15) is 12.0 Å². The number of rotatable bonds is 3. The molecule has 2 rings (SSSR count). The summed E-state index contributed by atoms with van der Waals surface area (Å²) in [6.07, 6.45) is 1.31. The molecule has 0 aromatic heterocycles. The van der Waals surface area contributed by atoms with Gasteiger partial charge >= 0.3 is 0 Å². The largest absolute Gasteiger partial charge is 0.311 e. The Hall–Kier alpha value is -1.40. The molecule has 1 heterocycles. The minimum Gasteiger partial charge on any atom is -0.311 e. The smallest absolute Gasteiger partial charge is 0.228 e. The molecule has 0 radical (unpaired) electrons. The van der Waals surface area contributed by atoms with Crippen LogP contribution in [0.3, 0.4) is 0 Å². The first-order chi connectivity index (χ1) is 8.35. The van der Waals surface area contributed by atoms with Crippen molar-refractivity contribution in [3.8, 4) is 0 Å². The summed E-state index contributed by atoms with van der Waals surface area (Å²) in [4.78, 5) is 13.5. The van der Waals surface area contributed by atoms with Crippen molar-refractivity contribution in [2.45, 2.75) is 19.4 Å². The van der Waals surface area contributed by atoms with Crippen molar-refractivity contribution in [1.29, 1.82) is 0 Å². The highest BCUT2D eigenvalue weighted by Gasteiger charge is 2.31. The minimum atomic E-state index is -3.27. The topological polar surface area (TPSA) is 66.5 Å². The van der Waals surface area contributed by atoms with Crippen LogP contribution in [0.15, 0.2) is 24.3 Å². The Morgan fingerprint density at radius 1 is 1.28 bits per heavy atom. The third-order valence-electron chi connectivity index (χ3n) is 2.85. The maximum absolute atomic E-state index is 11.8. The van der Waals surface area contributed by atoms with E-state index in [1.165, 1.54) is 0 Å². The number of nitrogens with zero attached hydrogens (tertiary/aromatic N) is 1. The van der Waals surface area contributed by atoms with E-state index < -0.39 is 10.0 Å².